The summed E-state index contributed by atoms with van der Waals surface area (Å²) in [6, 6.07) is 16.2. The predicted molar refractivity (Wildman–Crippen MR) is 76.5 cm³/mol. The van der Waals surface area contributed by atoms with Gasteiger partial charge in [-0.25, -0.2) is 0 Å². The van der Waals surface area contributed by atoms with Crippen molar-refractivity contribution in [1.82, 2.24) is 0 Å². The lowest BCUT2D eigenvalue weighted by Gasteiger charge is -2.06. The van der Waals surface area contributed by atoms with Crippen LogP contribution in [-0.2, 0) is 11.2 Å². The number of hydrogen-bond acceptors (Lipinski definition) is 3. The largest absolute Gasteiger partial charge is 0.497 e. The summed E-state index contributed by atoms with van der Waals surface area (Å²) in [5.41, 5.74) is 2.01. The van der Waals surface area contributed by atoms with Gasteiger partial charge in [0.05, 0.1) is 25.2 Å². The number of anilines is 1. The number of amides is 1. The van der Waals surface area contributed by atoms with E-state index in [4.69, 9.17) is 10.00 Å². The quantitative estimate of drug-likeness (QED) is 0.925. The first-order chi connectivity index (χ1) is 9.71. The van der Waals surface area contributed by atoms with E-state index in [1.165, 1.54) is 0 Å². The molecule has 4 heteroatoms. The number of methoxy groups -OCH3 is 1. The minimum absolute atomic E-state index is 0.131. The van der Waals surface area contributed by atoms with Gasteiger partial charge in [-0.15, -0.1) is 0 Å². The highest BCUT2D eigenvalue weighted by Crippen LogP contribution is 2.14. The average Bonchev–Trinajstić information content (AvgIpc) is 2.47. The Hall–Kier alpha value is -2.80. The maximum atomic E-state index is 11.9. The van der Waals surface area contributed by atoms with Gasteiger partial charge in [0, 0.05) is 5.69 Å². The maximum Gasteiger partial charge on any atom is 0.228 e. The molecule has 1 amide bonds. The zero-order valence-corrected chi connectivity index (χ0v) is 11.1. The zero-order valence-electron chi connectivity index (χ0n) is 11.1. The molecule has 2 aromatic carbocycles. The summed E-state index contributed by atoms with van der Waals surface area (Å²) in [5.74, 6) is 0.593. The molecule has 1 N–H and O–H groups in total. The molecule has 0 aliphatic carbocycles. The van der Waals surface area contributed by atoms with Crippen molar-refractivity contribution in [3.8, 4) is 11.8 Å². The number of rotatable bonds is 4. The van der Waals surface area contributed by atoms with E-state index in [2.05, 4.69) is 5.32 Å². The van der Waals surface area contributed by atoms with Crippen LogP contribution in [0.15, 0.2) is 48.5 Å². The van der Waals surface area contributed by atoms with Crippen molar-refractivity contribution in [2.45, 2.75) is 6.42 Å². The third kappa shape index (κ3) is 3.59. The Bertz CT molecular complexity index is 660. The van der Waals surface area contributed by atoms with Gasteiger partial charge in [-0.3, -0.25) is 4.79 Å². The van der Waals surface area contributed by atoms with Crippen molar-refractivity contribution in [3.63, 3.8) is 0 Å². The molecule has 0 unspecified atom stereocenters. The van der Waals surface area contributed by atoms with Crippen LogP contribution < -0.4 is 10.1 Å². The number of nitrogens with one attached hydrogen (secondary N) is 1. The molecule has 0 aromatic heterocycles. The summed E-state index contributed by atoms with van der Waals surface area (Å²) in [5, 5.41) is 11.6. The first-order valence-electron chi connectivity index (χ1n) is 6.14. The van der Waals surface area contributed by atoms with Crippen LogP contribution in [0.5, 0.6) is 5.75 Å². The summed E-state index contributed by atoms with van der Waals surface area (Å²) in [6.07, 6.45) is 0.258. The molecule has 0 radical (unpaired) electrons. The number of ether oxygens (including phenoxy) is 1. The SMILES string of the molecule is COc1cccc(CC(=O)Nc2cccc(C#N)c2)c1. The Morgan fingerprint density at radius 3 is 2.80 bits per heavy atom. The second kappa shape index (κ2) is 6.39. The van der Waals surface area contributed by atoms with E-state index in [1.54, 1.807) is 31.4 Å². The summed E-state index contributed by atoms with van der Waals surface area (Å²) in [4.78, 5) is 11.9. The van der Waals surface area contributed by atoms with Crippen LogP contribution in [0, 0.1) is 11.3 Å². The number of benzene rings is 2. The van der Waals surface area contributed by atoms with E-state index in [1.807, 2.05) is 30.3 Å². The molecule has 0 saturated heterocycles. The Balaban J connectivity index is 2.03. The van der Waals surface area contributed by atoms with Crippen LogP contribution in [0.25, 0.3) is 0 Å². The fourth-order valence-corrected chi connectivity index (χ4v) is 1.84. The van der Waals surface area contributed by atoms with Crippen molar-refractivity contribution < 1.29 is 9.53 Å². The van der Waals surface area contributed by atoms with E-state index in [9.17, 15) is 4.79 Å². The van der Waals surface area contributed by atoms with Crippen molar-refractivity contribution in [1.29, 1.82) is 5.26 Å². The topological polar surface area (TPSA) is 62.1 Å². The third-order valence-corrected chi connectivity index (χ3v) is 2.77. The normalized spacial score (nSPS) is 9.60. The van der Waals surface area contributed by atoms with Crippen molar-refractivity contribution >= 4 is 11.6 Å². The van der Waals surface area contributed by atoms with Gasteiger partial charge in [-0.2, -0.15) is 5.26 Å². The molecular formula is C16H14N2O2. The Labute approximate surface area is 117 Å². The van der Waals surface area contributed by atoms with Gasteiger partial charge in [-0.1, -0.05) is 18.2 Å². The van der Waals surface area contributed by atoms with E-state index >= 15 is 0 Å². The van der Waals surface area contributed by atoms with Gasteiger partial charge in [0.15, 0.2) is 0 Å². The second-order valence-corrected chi connectivity index (χ2v) is 4.27. The van der Waals surface area contributed by atoms with E-state index in [0.29, 0.717) is 11.3 Å². The lowest BCUT2D eigenvalue weighted by Crippen LogP contribution is -2.14. The van der Waals surface area contributed by atoms with Gasteiger partial charge >= 0.3 is 0 Å². The Kier molecular flexibility index (Phi) is 4.35. The van der Waals surface area contributed by atoms with Gasteiger partial charge in [0.25, 0.3) is 0 Å². The standard InChI is InChI=1S/C16H14N2O2/c1-20-15-7-3-4-12(9-15)10-16(19)18-14-6-2-5-13(8-14)11-17/h2-9H,10H2,1H3,(H,18,19). The lowest BCUT2D eigenvalue weighted by atomic mass is 10.1. The number of carbonyl (C=O) groups is 1. The van der Waals surface area contributed by atoms with E-state index < -0.39 is 0 Å². The molecule has 0 bridgehead atoms. The van der Waals surface area contributed by atoms with Gasteiger partial charge < -0.3 is 10.1 Å². The van der Waals surface area contributed by atoms with Gasteiger partial charge in [-0.05, 0) is 35.9 Å². The highest BCUT2D eigenvalue weighted by molar-refractivity contribution is 5.92. The zero-order chi connectivity index (χ0) is 14.4. The number of nitrogens with zero attached hydrogens (tertiary/aromatic N) is 1. The third-order valence-electron chi connectivity index (χ3n) is 2.77. The molecule has 0 fully saturated rings. The van der Waals surface area contributed by atoms with Crippen molar-refractivity contribution in [3.05, 3.63) is 59.7 Å². The molecule has 2 rings (SSSR count). The Morgan fingerprint density at radius 1 is 1.25 bits per heavy atom. The summed E-state index contributed by atoms with van der Waals surface area (Å²) < 4.78 is 5.12. The summed E-state index contributed by atoms with van der Waals surface area (Å²) >= 11 is 0. The van der Waals surface area contributed by atoms with Crippen LogP contribution in [0.2, 0.25) is 0 Å². The van der Waals surface area contributed by atoms with Gasteiger partial charge in [0.1, 0.15) is 5.75 Å². The summed E-state index contributed by atoms with van der Waals surface area (Å²) in [7, 11) is 1.59. The van der Waals surface area contributed by atoms with E-state index in [-0.39, 0.29) is 12.3 Å². The van der Waals surface area contributed by atoms with Crippen LogP contribution in [-0.4, -0.2) is 13.0 Å². The second-order valence-electron chi connectivity index (χ2n) is 4.27. The number of hydrogen-bond donors (Lipinski definition) is 1. The molecule has 0 spiro atoms. The minimum atomic E-state index is -0.131. The van der Waals surface area contributed by atoms with Crippen molar-refractivity contribution in [2.75, 3.05) is 12.4 Å². The molecule has 0 aliphatic rings. The first kappa shape index (κ1) is 13.6. The first-order valence-corrected chi connectivity index (χ1v) is 6.14. The molecule has 0 saturated carbocycles. The number of carbonyl (C=O) groups excluding carboxylic acids is 1. The molecule has 0 heterocycles. The van der Waals surface area contributed by atoms with Crippen LogP contribution in [0.3, 0.4) is 0 Å². The molecular weight excluding hydrogens is 252 g/mol. The van der Waals surface area contributed by atoms with Crippen LogP contribution in [0.1, 0.15) is 11.1 Å². The van der Waals surface area contributed by atoms with Crippen molar-refractivity contribution in [2.24, 2.45) is 0 Å². The number of nitriles is 1. The molecule has 0 atom stereocenters. The fourth-order valence-electron chi connectivity index (χ4n) is 1.84. The van der Waals surface area contributed by atoms with Crippen LogP contribution in [0.4, 0.5) is 5.69 Å². The summed E-state index contributed by atoms with van der Waals surface area (Å²) in [6.45, 7) is 0. The fraction of sp³-hybridized carbons (Fsp3) is 0.125. The van der Waals surface area contributed by atoms with Crippen LogP contribution >= 0.6 is 0 Å². The molecule has 4 nitrogen and oxygen atoms in total. The lowest BCUT2D eigenvalue weighted by molar-refractivity contribution is -0.115. The molecule has 0 aliphatic heterocycles. The molecule has 100 valence electrons. The minimum Gasteiger partial charge on any atom is -0.497 e. The monoisotopic (exact) mass is 266 g/mol. The van der Waals surface area contributed by atoms with E-state index in [0.717, 1.165) is 11.3 Å². The Morgan fingerprint density at radius 2 is 2.05 bits per heavy atom. The predicted octanol–water partition coefficient (Wildman–Crippen LogP) is 2.75. The smallest absolute Gasteiger partial charge is 0.228 e. The highest BCUT2D eigenvalue weighted by atomic mass is 16.5. The highest BCUT2D eigenvalue weighted by Gasteiger charge is 2.05. The average molecular weight is 266 g/mol. The molecule has 20 heavy (non-hydrogen) atoms. The maximum absolute atomic E-state index is 11.9. The molecule has 2 aromatic rings. The van der Waals surface area contributed by atoms with Gasteiger partial charge in [0.2, 0.25) is 5.91 Å².